The molecule has 1 unspecified atom stereocenters. The molecular formula is C17H20FNOS. The van der Waals surface area contributed by atoms with Crippen LogP contribution in [0, 0.1) is 5.82 Å². The molecule has 0 fully saturated rings. The molecule has 112 valence electrons. The van der Waals surface area contributed by atoms with Crippen molar-refractivity contribution in [2.75, 3.05) is 6.61 Å². The molecule has 0 aliphatic rings. The molecule has 4 heteroatoms. The van der Waals surface area contributed by atoms with Crippen molar-refractivity contribution in [1.29, 1.82) is 0 Å². The van der Waals surface area contributed by atoms with Gasteiger partial charge in [-0.05, 0) is 55.8 Å². The van der Waals surface area contributed by atoms with Crippen LogP contribution in [0.15, 0.2) is 47.4 Å². The number of rotatable bonds is 6. The number of halogens is 1. The standard InChI is InChI=1S/C17H20FNOS/c1-3-20-17-9-4-13(12(2)19)10-14(17)11-21-16-7-5-15(18)6-8-16/h4-10,12H,3,11,19H2,1-2H3. The van der Waals surface area contributed by atoms with E-state index < -0.39 is 0 Å². The lowest BCUT2D eigenvalue weighted by molar-refractivity contribution is 0.337. The first-order chi connectivity index (χ1) is 10.1. The van der Waals surface area contributed by atoms with Gasteiger partial charge in [-0.1, -0.05) is 6.07 Å². The monoisotopic (exact) mass is 305 g/mol. The lowest BCUT2D eigenvalue weighted by atomic mass is 10.1. The Balaban J connectivity index is 2.16. The average Bonchev–Trinajstić information content (AvgIpc) is 2.48. The fourth-order valence-corrected chi connectivity index (χ4v) is 2.86. The van der Waals surface area contributed by atoms with Gasteiger partial charge in [0.15, 0.2) is 0 Å². The van der Waals surface area contributed by atoms with Gasteiger partial charge < -0.3 is 10.5 Å². The van der Waals surface area contributed by atoms with Crippen LogP contribution in [0.25, 0.3) is 0 Å². The summed E-state index contributed by atoms with van der Waals surface area (Å²) >= 11 is 1.66. The van der Waals surface area contributed by atoms with Crippen LogP contribution in [0.1, 0.15) is 31.0 Å². The summed E-state index contributed by atoms with van der Waals surface area (Å²) in [7, 11) is 0. The zero-order valence-corrected chi connectivity index (χ0v) is 13.1. The smallest absolute Gasteiger partial charge is 0.123 e. The second-order valence-corrected chi connectivity index (χ2v) is 5.88. The maximum Gasteiger partial charge on any atom is 0.123 e. The van der Waals surface area contributed by atoms with E-state index in [2.05, 4.69) is 6.07 Å². The molecule has 0 saturated carbocycles. The minimum absolute atomic E-state index is 0.00440. The number of nitrogens with two attached hydrogens (primary N) is 1. The predicted molar refractivity (Wildman–Crippen MR) is 86.2 cm³/mol. The quantitative estimate of drug-likeness (QED) is 0.796. The molecule has 0 spiro atoms. The van der Waals surface area contributed by atoms with Crippen molar-refractivity contribution in [3.63, 3.8) is 0 Å². The highest BCUT2D eigenvalue weighted by atomic mass is 32.2. The Morgan fingerprint density at radius 2 is 1.90 bits per heavy atom. The molecule has 0 aliphatic heterocycles. The fourth-order valence-electron chi connectivity index (χ4n) is 1.98. The van der Waals surface area contributed by atoms with E-state index in [1.807, 2.05) is 26.0 Å². The van der Waals surface area contributed by atoms with E-state index in [0.29, 0.717) is 6.61 Å². The molecule has 2 aromatic rings. The van der Waals surface area contributed by atoms with Gasteiger partial charge in [0.25, 0.3) is 0 Å². The van der Waals surface area contributed by atoms with Crippen molar-refractivity contribution < 1.29 is 9.13 Å². The Bertz CT molecular complexity index is 584. The van der Waals surface area contributed by atoms with E-state index in [0.717, 1.165) is 27.5 Å². The molecule has 0 bridgehead atoms. The van der Waals surface area contributed by atoms with Gasteiger partial charge in [0.1, 0.15) is 11.6 Å². The Hall–Kier alpha value is -1.52. The third-order valence-corrected chi connectivity index (χ3v) is 4.18. The van der Waals surface area contributed by atoms with E-state index in [9.17, 15) is 4.39 Å². The molecule has 2 nitrogen and oxygen atoms in total. The minimum Gasteiger partial charge on any atom is -0.494 e. The predicted octanol–water partition coefficient (Wildman–Crippen LogP) is 4.54. The highest BCUT2D eigenvalue weighted by Crippen LogP contribution is 2.30. The Morgan fingerprint density at radius 3 is 2.52 bits per heavy atom. The summed E-state index contributed by atoms with van der Waals surface area (Å²) in [5.74, 6) is 1.44. The fraction of sp³-hybridized carbons (Fsp3) is 0.294. The molecule has 2 rings (SSSR count). The van der Waals surface area contributed by atoms with Gasteiger partial charge in [0.05, 0.1) is 6.61 Å². The normalized spacial score (nSPS) is 12.2. The molecule has 0 aromatic heterocycles. The first-order valence-corrected chi connectivity index (χ1v) is 7.98. The van der Waals surface area contributed by atoms with Crippen molar-refractivity contribution in [2.45, 2.75) is 30.5 Å². The van der Waals surface area contributed by atoms with E-state index in [1.54, 1.807) is 23.9 Å². The maximum absolute atomic E-state index is 12.9. The summed E-state index contributed by atoms with van der Waals surface area (Å²) in [6.07, 6.45) is 0. The van der Waals surface area contributed by atoms with Crippen LogP contribution in [0.4, 0.5) is 4.39 Å². The van der Waals surface area contributed by atoms with Crippen molar-refractivity contribution >= 4 is 11.8 Å². The first-order valence-electron chi connectivity index (χ1n) is 6.99. The van der Waals surface area contributed by atoms with Crippen LogP contribution < -0.4 is 10.5 Å². The van der Waals surface area contributed by atoms with Crippen LogP contribution in [0.2, 0.25) is 0 Å². The zero-order chi connectivity index (χ0) is 15.2. The first kappa shape index (κ1) is 15.9. The molecule has 1 atom stereocenters. The van der Waals surface area contributed by atoms with Crippen molar-refractivity contribution in [2.24, 2.45) is 5.73 Å². The highest BCUT2D eigenvalue weighted by Gasteiger charge is 2.08. The molecule has 0 heterocycles. The molecule has 0 radical (unpaired) electrons. The molecule has 0 aliphatic carbocycles. The lowest BCUT2D eigenvalue weighted by Crippen LogP contribution is -2.06. The van der Waals surface area contributed by atoms with Gasteiger partial charge in [0.2, 0.25) is 0 Å². The van der Waals surface area contributed by atoms with Gasteiger partial charge in [-0.2, -0.15) is 0 Å². The maximum atomic E-state index is 12.9. The van der Waals surface area contributed by atoms with E-state index >= 15 is 0 Å². The molecule has 0 saturated heterocycles. The van der Waals surface area contributed by atoms with Gasteiger partial charge in [0, 0.05) is 22.3 Å². The Labute approximate surface area is 129 Å². The zero-order valence-electron chi connectivity index (χ0n) is 12.3. The van der Waals surface area contributed by atoms with Crippen LogP contribution in [0.5, 0.6) is 5.75 Å². The average molecular weight is 305 g/mol. The molecular weight excluding hydrogens is 285 g/mol. The lowest BCUT2D eigenvalue weighted by Gasteiger charge is -2.14. The number of hydrogen-bond donors (Lipinski definition) is 1. The van der Waals surface area contributed by atoms with Crippen molar-refractivity contribution in [1.82, 2.24) is 0 Å². The largest absolute Gasteiger partial charge is 0.494 e. The van der Waals surface area contributed by atoms with E-state index in [-0.39, 0.29) is 11.9 Å². The number of benzene rings is 2. The van der Waals surface area contributed by atoms with E-state index in [1.165, 1.54) is 12.1 Å². The van der Waals surface area contributed by atoms with Crippen molar-refractivity contribution in [3.05, 3.63) is 59.4 Å². The number of thioether (sulfide) groups is 1. The third-order valence-electron chi connectivity index (χ3n) is 3.12. The van der Waals surface area contributed by atoms with Crippen LogP contribution in [0.3, 0.4) is 0 Å². The topological polar surface area (TPSA) is 35.2 Å². The summed E-state index contributed by atoms with van der Waals surface area (Å²) in [6, 6.07) is 12.6. The Morgan fingerprint density at radius 1 is 1.19 bits per heavy atom. The minimum atomic E-state index is -0.215. The van der Waals surface area contributed by atoms with Gasteiger partial charge in [-0.3, -0.25) is 0 Å². The summed E-state index contributed by atoms with van der Waals surface area (Å²) in [6.45, 7) is 4.56. The van der Waals surface area contributed by atoms with Gasteiger partial charge in [-0.15, -0.1) is 11.8 Å². The second-order valence-electron chi connectivity index (χ2n) is 4.83. The molecule has 0 amide bonds. The van der Waals surface area contributed by atoms with Gasteiger partial charge in [-0.25, -0.2) is 4.39 Å². The number of ether oxygens (including phenoxy) is 1. The Kier molecular flexibility index (Phi) is 5.65. The van der Waals surface area contributed by atoms with Crippen LogP contribution >= 0.6 is 11.8 Å². The molecule has 21 heavy (non-hydrogen) atoms. The summed E-state index contributed by atoms with van der Waals surface area (Å²) < 4.78 is 18.6. The highest BCUT2D eigenvalue weighted by molar-refractivity contribution is 7.98. The summed E-state index contributed by atoms with van der Waals surface area (Å²) in [5, 5.41) is 0. The van der Waals surface area contributed by atoms with Crippen molar-refractivity contribution in [3.8, 4) is 5.75 Å². The summed E-state index contributed by atoms with van der Waals surface area (Å²) in [5.41, 5.74) is 8.14. The third kappa shape index (κ3) is 4.48. The van der Waals surface area contributed by atoms with Crippen LogP contribution in [-0.2, 0) is 5.75 Å². The number of hydrogen-bond acceptors (Lipinski definition) is 3. The summed E-state index contributed by atoms with van der Waals surface area (Å²) in [4.78, 5) is 1.03. The van der Waals surface area contributed by atoms with Gasteiger partial charge >= 0.3 is 0 Å². The second kappa shape index (κ2) is 7.48. The molecule has 2 aromatic carbocycles. The molecule has 2 N–H and O–H groups in total. The van der Waals surface area contributed by atoms with Crippen LogP contribution in [-0.4, -0.2) is 6.61 Å². The SMILES string of the molecule is CCOc1ccc(C(C)N)cc1CSc1ccc(F)cc1. The van der Waals surface area contributed by atoms with E-state index in [4.69, 9.17) is 10.5 Å².